The number of aliphatic hydroxyl groups is 1. The van der Waals surface area contributed by atoms with Gasteiger partial charge < -0.3 is 9.84 Å². The van der Waals surface area contributed by atoms with Crippen LogP contribution >= 0.6 is 11.8 Å². The van der Waals surface area contributed by atoms with Crippen molar-refractivity contribution >= 4 is 22.5 Å². The minimum atomic E-state index is 0.283. The van der Waals surface area contributed by atoms with Gasteiger partial charge in [0.2, 0.25) is 0 Å². The third kappa shape index (κ3) is 4.65. The van der Waals surface area contributed by atoms with Gasteiger partial charge in [-0.1, -0.05) is 37.6 Å². The fraction of sp³-hybridized carbons (Fsp3) is 0.444. The number of aliphatic hydroxyl groups excluding tert-OH is 1. The number of ether oxygens (including phenoxy) is 1. The first kappa shape index (κ1) is 16.2. The van der Waals surface area contributed by atoms with Crippen LogP contribution in [-0.2, 0) is 0 Å². The molecule has 0 heterocycles. The second-order valence-corrected chi connectivity index (χ2v) is 6.23. The SMILES string of the molecule is CCCCOc1ccc(SCCCCO)c2ccccc12. The summed E-state index contributed by atoms with van der Waals surface area (Å²) in [6, 6.07) is 12.7. The van der Waals surface area contributed by atoms with Crippen molar-refractivity contribution in [2.75, 3.05) is 19.0 Å². The van der Waals surface area contributed by atoms with Gasteiger partial charge in [-0.25, -0.2) is 0 Å². The molecule has 0 fully saturated rings. The highest BCUT2D eigenvalue weighted by atomic mass is 32.2. The number of unbranched alkanes of at least 4 members (excludes halogenated alkanes) is 2. The molecule has 2 rings (SSSR count). The first-order valence-electron chi connectivity index (χ1n) is 7.75. The molecule has 0 amide bonds. The van der Waals surface area contributed by atoms with Crippen molar-refractivity contribution in [3.63, 3.8) is 0 Å². The van der Waals surface area contributed by atoms with Crippen LogP contribution in [0.5, 0.6) is 5.75 Å². The van der Waals surface area contributed by atoms with Gasteiger partial charge in [0.1, 0.15) is 5.75 Å². The summed E-state index contributed by atoms with van der Waals surface area (Å²) in [6.07, 6.45) is 4.16. The molecule has 2 nitrogen and oxygen atoms in total. The molecule has 0 aliphatic carbocycles. The van der Waals surface area contributed by atoms with E-state index in [9.17, 15) is 0 Å². The Labute approximate surface area is 131 Å². The van der Waals surface area contributed by atoms with Crippen LogP contribution in [0.2, 0.25) is 0 Å². The van der Waals surface area contributed by atoms with E-state index in [2.05, 4.69) is 43.3 Å². The van der Waals surface area contributed by atoms with Crippen molar-refractivity contribution in [2.24, 2.45) is 0 Å². The summed E-state index contributed by atoms with van der Waals surface area (Å²) < 4.78 is 5.92. The van der Waals surface area contributed by atoms with Crippen LogP contribution in [0.15, 0.2) is 41.3 Å². The van der Waals surface area contributed by atoms with Crippen LogP contribution in [0.25, 0.3) is 10.8 Å². The standard InChI is InChI=1S/C18H24O2S/c1-2-3-13-20-17-10-11-18(21-14-7-6-12-19)16-9-5-4-8-15(16)17/h4-5,8-11,19H,2-3,6-7,12-14H2,1H3. The van der Waals surface area contributed by atoms with Gasteiger partial charge in [-0.15, -0.1) is 11.8 Å². The van der Waals surface area contributed by atoms with Gasteiger partial charge in [0, 0.05) is 16.9 Å². The third-order valence-corrected chi connectivity index (χ3v) is 4.57. The highest BCUT2D eigenvalue weighted by Crippen LogP contribution is 2.34. The van der Waals surface area contributed by atoms with E-state index in [0.717, 1.165) is 43.8 Å². The maximum absolute atomic E-state index is 8.85. The van der Waals surface area contributed by atoms with Gasteiger partial charge >= 0.3 is 0 Å². The van der Waals surface area contributed by atoms with Gasteiger partial charge in [-0.05, 0) is 42.5 Å². The molecule has 3 heteroatoms. The Bertz CT molecular complexity index is 554. The van der Waals surface area contributed by atoms with E-state index in [0.29, 0.717) is 0 Å². The van der Waals surface area contributed by atoms with E-state index in [1.807, 2.05) is 11.8 Å². The molecule has 0 radical (unpaired) electrons. The fourth-order valence-corrected chi connectivity index (χ4v) is 3.28. The van der Waals surface area contributed by atoms with Gasteiger partial charge in [-0.2, -0.15) is 0 Å². The topological polar surface area (TPSA) is 29.5 Å². The van der Waals surface area contributed by atoms with Crippen LogP contribution in [-0.4, -0.2) is 24.1 Å². The molecule has 2 aromatic carbocycles. The molecule has 0 bridgehead atoms. The zero-order valence-corrected chi connectivity index (χ0v) is 13.5. The Morgan fingerprint density at radius 2 is 1.81 bits per heavy atom. The molecule has 0 aliphatic rings. The van der Waals surface area contributed by atoms with E-state index in [1.54, 1.807) is 0 Å². The Kier molecular flexibility index (Phi) is 6.90. The molecular weight excluding hydrogens is 280 g/mol. The summed E-state index contributed by atoms with van der Waals surface area (Å²) in [4.78, 5) is 1.30. The molecule has 1 N–H and O–H groups in total. The van der Waals surface area contributed by atoms with Crippen LogP contribution in [0.4, 0.5) is 0 Å². The predicted molar refractivity (Wildman–Crippen MR) is 91.4 cm³/mol. The summed E-state index contributed by atoms with van der Waals surface area (Å²) >= 11 is 1.86. The molecule has 0 aromatic heterocycles. The van der Waals surface area contributed by atoms with Crippen molar-refractivity contribution in [2.45, 2.75) is 37.5 Å². The zero-order valence-electron chi connectivity index (χ0n) is 12.7. The van der Waals surface area contributed by atoms with Crippen molar-refractivity contribution in [1.82, 2.24) is 0 Å². The number of benzene rings is 2. The first-order valence-corrected chi connectivity index (χ1v) is 8.73. The quantitative estimate of drug-likeness (QED) is 0.528. The number of hydrogen-bond donors (Lipinski definition) is 1. The predicted octanol–water partition coefficient (Wildman–Crippen LogP) is 4.88. The second-order valence-electron chi connectivity index (χ2n) is 5.09. The van der Waals surface area contributed by atoms with E-state index < -0.39 is 0 Å². The van der Waals surface area contributed by atoms with Crippen molar-refractivity contribution in [1.29, 1.82) is 0 Å². The Balaban J connectivity index is 2.14. The van der Waals surface area contributed by atoms with Gasteiger partial charge in [0.05, 0.1) is 6.61 Å². The maximum atomic E-state index is 8.85. The number of thioether (sulfide) groups is 1. The molecule has 0 unspecified atom stereocenters. The monoisotopic (exact) mass is 304 g/mol. The number of rotatable bonds is 9. The molecule has 0 saturated carbocycles. The summed E-state index contributed by atoms with van der Waals surface area (Å²) in [7, 11) is 0. The molecule has 114 valence electrons. The zero-order chi connectivity index (χ0) is 14.9. The molecule has 0 atom stereocenters. The molecule has 21 heavy (non-hydrogen) atoms. The van der Waals surface area contributed by atoms with Crippen molar-refractivity contribution < 1.29 is 9.84 Å². The van der Waals surface area contributed by atoms with Crippen molar-refractivity contribution in [3.05, 3.63) is 36.4 Å². The van der Waals surface area contributed by atoms with E-state index in [-0.39, 0.29) is 6.61 Å². The van der Waals surface area contributed by atoms with E-state index in [4.69, 9.17) is 9.84 Å². The smallest absolute Gasteiger partial charge is 0.127 e. The van der Waals surface area contributed by atoms with Crippen LogP contribution < -0.4 is 4.74 Å². The fourth-order valence-electron chi connectivity index (χ4n) is 2.22. The average molecular weight is 304 g/mol. The Morgan fingerprint density at radius 1 is 1.00 bits per heavy atom. The lowest BCUT2D eigenvalue weighted by Gasteiger charge is -2.12. The van der Waals surface area contributed by atoms with Crippen molar-refractivity contribution in [3.8, 4) is 5.75 Å². The minimum absolute atomic E-state index is 0.283. The lowest BCUT2D eigenvalue weighted by molar-refractivity contribution is 0.287. The lowest BCUT2D eigenvalue weighted by atomic mass is 10.1. The van der Waals surface area contributed by atoms with Crippen LogP contribution in [0, 0.1) is 0 Å². The van der Waals surface area contributed by atoms with Crippen LogP contribution in [0.3, 0.4) is 0 Å². The number of hydrogen-bond acceptors (Lipinski definition) is 3. The summed E-state index contributed by atoms with van der Waals surface area (Å²) in [6.45, 7) is 3.24. The summed E-state index contributed by atoms with van der Waals surface area (Å²) in [5, 5.41) is 11.3. The Morgan fingerprint density at radius 3 is 2.57 bits per heavy atom. The third-order valence-electron chi connectivity index (χ3n) is 3.41. The normalized spacial score (nSPS) is 11.0. The second kappa shape index (κ2) is 8.96. The summed E-state index contributed by atoms with van der Waals surface area (Å²) in [5.74, 6) is 2.03. The lowest BCUT2D eigenvalue weighted by Crippen LogP contribution is -1.97. The van der Waals surface area contributed by atoms with Gasteiger partial charge in [-0.3, -0.25) is 0 Å². The van der Waals surface area contributed by atoms with Gasteiger partial charge in [0.15, 0.2) is 0 Å². The van der Waals surface area contributed by atoms with Gasteiger partial charge in [0.25, 0.3) is 0 Å². The largest absolute Gasteiger partial charge is 0.493 e. The molecular formula is C18H24O2S. The minimum Gasteiger partial charge on any atom is -0.493 e. The van der Waals surface area contributed by atoms with Crippen LogP contribution in [0.1, 0.15) is 32.6 Å². The number of fused-ring (bicyclic) bond motifs is 1. The molecule has 0 aliphatic heterocycles. The average Bonchev–Trinajstić information content (AvgIpc) is 2.53. The maximum Gasteiger partial charge on any atom is 0.127 e. The highest BCUT2D eigenvalue weighted by molar-refractivity contribution is 7.99. The summed E-state index contributed by atoms with van der Waals surface area (Å²) in [5.41, 5.74) is 0. The Hall–Kier alpha value is -1.19. The molecule has 0 spiro atoms. The molecule has 2 aromatic rings. The molecule has 0 saturated heterocycles. The first-order chi connectivity index (χ1) is 10.4. The highest BCUT2D eigenvalue weighted by Gasteiger charge is 2.07. The van der Waals surface area contributed by atoms with E-state index in [1.165, 1.54) is 15.7 Å². The van der Waals surface area contributed by atoms with E-state index >= 15 is 0 Å².